The Labute approximate surface area is 197 Å². The number of benzene rings is 2. The van der Waals surface area contributed by atoms with Crippen molar-refractivity contribution in [3.05, 3.63) is 59.7 Å². The molecule has 0 N–H and O–H groups in total. The zero-order valence-electron chi connectivity index (χ0n) is 19.9. The minimum atomic E-state index is 0.0630. The molecule has 2 heterocycles. The number of nitrogens with zero attached hydrogens (tertiary/aromatic N) is 2. The van der Waals surface area contributed by atoms with Crippen molar-refractivity contribution in [2.45, 2.75) is 38.3 Å². The van der Waals surface area contributed by atoms with Gasteiger partial charge >= 0.3 is 0 Å². The summed E-state index contributed by atoms with van der Waals surface area (Å²) in [7, 11) is 3.52. The van der Waals surface area contributed by atoms with E-state index in [0.29, 0.717) is 23.8 Å². The topological polar surface area (TPSA) is 51.2 Å². The minimum absolute atomic E-state index is 0.0630. The van der Waals surface area contributed by atoms with Crippen LogP contribution in [0.2, 0.25) is 0 Å². The lowest BCUT2D eigenvalue weighted by Gasteiger charge is -2.38. The molecule has 1 saturated heterocycles. The van der Waals surface area contributed by atoms with Crippen molar-refractivity contribution >= 4 is 5.91 Å². The Morgan fingerprint density at radius 1 is 0.970 bits per heavy atom. The summed E-state index contributed by atoms with van der Waals surface area (Å²) < 4.78 is 17.5. The molecule has 0 saturated carbocycles. The lowest BCUT2D eigenvalue weighted by molar-refractivity contribution is -0.00702. The van der Waals surface area contributed by atoms with Crippen LogP contribution in [0.15, 0.2) is 48.5 Å². The Kier molecular flexibility index (Phi) is 8.24. The van der Waals surface area contributed by atoms with Crippen LogP contribution >= 0.6 is 0 Å². The van der Waals surface area contributed by atoms with Crippen LogP contribution in [0.5, 0.6) is 11.5 Å². The van der Waals surface area contributed by atoms with Gasteiger partial charge in [-0.05, 0) is 44.0 Å². The monoisotopic (exact) mass is 452 g/mol. The first-order valence-electron chi connectivity index (χ1n) is 12.1. The maximum absolute atomic E-state index is 13.4. The Morgan fingerprint density at radius 2 is 1.79 bits per heavy atom. The van der Waals surface area contributed by atoms with Crippen molar-refractivity contribution < 1.29 is 19.0 Å². The summed E-state index contributed by atoms with van der Waals surface area (Å²) in [5.41, 5.74) is 1.83. The van der Waals surface area contributed by atoms with E-state index in [1.165, 1.54) is 5.56 Å². The zero-order valence-corrected chi connectivity index (χ0v) is 19.9. The number of carbonyl (C=O) groups excluding carboxylic acids is 1. The highest BCUT2D eigenvalue weighted by atomic mass is 16.5. The molecule has 2 aliphatic rings. The molecule has 1 amide bonds. The molecule has 2 atom stereocenters. The molecule has 0 radical (unpaired) electrons. The fourth-order valence-corrected chi connectivity index (χ4v) is 5.09. The molecule has 6 nitrogen and oxygen atoms in total. The van der Waals surface area contributed by atoms with E-state index in [0.717, 1.165) is 64.2 Å². The van der Waals surface area contributed by atoms with E-state index in [1.807, 2.05) is 41.3 Å². The molecular weight excluding hydrogens is 416 g/mol. The van der Waals surface area contributed by atoms with E-state index in [-0.39, 0.29) is 12.0 Å². The lowest BCUT2D eigenvalue weighted by Crippen LogP contribution is -2.46. The molecule has 178 valence electrons. The van der Waals surface area contributed by atoms with Gasteiger partial charge in [0, 0.05) is 44.8 Å². The standard InChI is InChI=1S/C27H36N2O4/c1-31-24-12-5-3-9-21(24)19-28-15-8-7-10-22-20-29(16-14-25(22)32-2)27(30)23-11-4-6-13-26(23)33-18-17-28/h3-6,9,11-13,22,25H,7-8,10,14-20H2,1-2H3/t22-,25+/m0/s1. The fourth-order valence-electron chi connectivity index (χ4n) is 5.09. The number of fused-ring (bicyclic) bond motifs is 3. The molecule has 1 fully saturated rings. The number of para-hydroxylation sites is 2. The van der Waals surface area contributed by atoms with E-state index in [4.69, 9.17) is 14.2 Å². The summed E-state index contributed by atoms with van der Waals surface area (Å²) in [4.78, 5) is 17.8. The Morgan fingerprint density at radius 3 is 2.64 bits per heavy atom. The van der Waals surface area contributed by atoms with Gasteiger partial charge in [-0.1, -0.05) is 36.8 Å². The van der Waals surface area contributed by atoms with Crippen LogP contribution in [0.1, 0.15) is 41.6 Å². The number of hydrogen-bond donors (Lipinski definition) is 0. The number of carbonyl (C=O) groups is 1. The second-order valence-electron chi connectivity index (χ2n) is 9.00. The summed E-state index contributed by atoms with van der Waals surface area (Å²) in [6.45, 7) is 4.61. The number of ether oxygens (including phenoxy) is 3. The lowest BCUT2D eigenvalue weighted by atomic mass is 9.89. The third-order valence-corrected chi connectivity index (χ3v) is 6.92. The summed E-state index contributed by atoms with van der Waals surface area (Å²) in [6, 6.07) is 15.8. The number of amides is 1. The number of hydrogen-bond acceptors (Lipinski definition) is 5. The summed E-state index contributed by atoms with van der Waals surface area (Å²) >= 11 is 0. The van der Waals surface area contributed by atoms with Gasteiger partial charge in [0.2, 0.25) is 0 Å². The van der Waals surface area contributed by atoms with E-state index in [1.54, 1.807) is 14.2 Å². The fraction of sp³-hybridized carbons (Fsp3) is 0.519. The van der Waals surface area contributed by atoms with E-state index < -0.39 is 0 Å². The predicted octanol–water partition coefficient (Wildman–Crippen LogP) is 4.24. The Balaban J connectivity index is 1.54. The molecule has 6 heteroatoms. The number of methoxy groups -OCH3 is 2. The molecule has 2 bridgehead atoms. The van der Waals surface area contributed by atoms with Crippen molar-refractivity contribution in [2.24, 2.45) is 5.92 Å². The van der Waals surface area contributed by atoms with Gasteiger partial charge in [-0.2, -0.15) is 0 Å². The van der Waals surface area contributed by atoms with Gasteiger partial charge < -0.3 is 19.1 Å². The second kappa shape index (κ2) is 11.5. The summed E-state index contributed by atoms with van der Waals surface area (Å²) in [5, 5.41) is 0. The van der Waals surface area contributed by atoms with Crippen LogP contribution in [-0.2, 0) is 11.3 Å². The predicted molar refractivity (Wildman–Crippen MR) is 129 cm³/mol. The van der Waals surface area contributed by atoms with Crippen molar-refractivity contribution in [2.75, 3.05) is 47.0 Å². The minimum Gasteiger partial charge on any atom is -0.496 e. The average molecular weight is 453 g/mol. The maximum atomic E-state index is 13.4. The van der Waals surface area contributed by atoms with Crippen LogP contribution in [0, 0.1) is 5.92 Å². The highest BCUT2D eigenvalue weighted by Gasteiger charge is 2.32. The second-order valence-corrected chi connectivity index (χ2v) is 9.00. The normalized spacial score (nSPS) is 22.7. The highest BCUT2D eigenvalue weighted by Crippen LogP contribution is 2.28. The van der Waals surface area contributed by atoms with Crippen LogP contribution < -0.4 is 9.47 Å². The summed E-state index contributed by atoms with van der Waals surface area (Å²) in [6.07, 6.45) is 4.40. The molecule has 33 heavy (non-hydrogen) atoms. The molecule has 0 aliphatic carbocycles. The quantitative estimate of drug-likeness (QED) is 0.695. The SMILES string of the molecule is COc1ccccc1CN1CCCC[C@H]2CN(CC[C@H]2OC)C(=O)c2ccccc2OCC1. The smallest absolute Gasteiger partial charge is 0.257 e. The van der Waals surface area contributed by atoms with Crippen molar-refractivity contribution in [1.29, 1.82) is 0 Å². The maximum Gasteiger partial charge on any atom is 0.257 e. The third-order valence-electron chi connectivity index (χ3n) is 6.92. The van der Waals surface area contributed by atoms with Crippen molar-refractivity contribution in [1.82, 2.24) is 9.80 Å². The van der Waals surface area contributed by atoms with Gasteiger partial charge in [-0.25, -0.2) is 0 Å². The molecule has 4 rings (SSSR count). The van der Waals surface area contributed by atoms with E-state index >= 15 is 0 Å². The first-order chi connectivity index (χ1) is 16.2. The molecule has 2 aliphatic heterocycles. The van der Waals surface area contributed by atoms with Gasteiger partial charge in [0.1, 0.15) is 18.1 Å². The first-order valence-corrected chi connectivity index (χ1v) is 12.1. The molecule has 2 aromatic carbocycles. The number of rotatable bonds is 4. The van der Waals surface area contributed by atoms with Crippen LogP contribution in [-0.4, -0.2) is 68.8 Å². The Bertz CT molecular complexity index is 918. The molecule has 0 aromatic heterocycles. The molecule has 0 unspecified atom stereocenters. The Hall–Kier alpha value is -2.57. The zero-order chi connectivity index (χ0) is 23.0. The van der Waals surface area contributed by atoms with Gasteiger partial charge in [0.15, 0.2) is 0 Å². The van der Waals surface area contributed by atoms with Gasteiger partial charge in [-0.15, -0.1) is 0 Å². The molecule has 0 spiro atoms. The average Bonchev–Trinajstić information content (AvgIpc) is 2.86. The third kappa shape index (κ3) is 5.87. The first kappa shape index (κ1) is 23.6. The van der Waals surface area contributed by atoms with E-state index in [9.17, 15) is 4.79 Å². The van der Waals surface area contributed by atoms with Crippen molar-refractivity contribution in [3.63, 3.8) is 0 Å². The molecular formula is C27H36N2O4. The van der Waals surface area contributed by atoms with Crippen LogP contribution in [0.4, 0.5) is 0 Å². The highest BCUT2D eigenvalue weighted by molar-refractivity contribution is 5.97. The number of piperidine rings is 1. The van der Waals surface area contributed by atoms with Gasteiger partial charge in [0.25, 0.3) is 5.91 Å². The molecule has 2 aromatic rings. The van der Waals surface area contributed by atoms with Crippen molar-refractivity contribution in [3.8, 4) is 11.5 Å². The van der Waals surface area contributed by atoms with Gasteiger partial charge in [-0.3, -0.25) is 9.69 Å². The van der Waals surface area contributed by atoms with Crippen LogP contribution in [0.3, 0.4) is 0 Å². The van der Waals surface area contributed by atoms with Crippen LogP contribution in [0.25, 0.3) is 0 Å². The largest absolute Gasteiger partial charge is 0.496 e. The van der Waals surface area contributed by atoms with E-state index in [2.05, 4.69) is 17.0 Å². The summed E-state index contributed by atoms with van der Waals surface area (Å²) in [5.74, 6) is 2.01. The van der Waals surface area contributed by atoms with Gasteiger partial charge in [0.05, 0.1) is 18.8 Å².